The number of carbonyl (C=O) groups excluding carboxylic acids is 2. The summed E-state index contributed by atoms with van der Waals surface area (Å²) in [5, 5.41) is 2.72. The van der Waals surface area contributed by atoms with Gasteiger partial charge < -0.3 is 20.5 Å². The van der Waals surface area contributed by atoms with Gasteiger partial charge in [-0.1, -0.05) is 0 Å². The predicted molar refractivity (Wildman–Crippen MR) is 73.4 cm³/mol. The number of rotatable bonds is 6. The van der Waals surface area contributed by atoms with Gasteiger partial charge in [-0.05, 0) is 37.0 Å². The van der Waals surface area contributed by atoms with Crippen LogP contribution in [0.4, 0.5) is 5.69 Å². The van der Waals surface area contributed by atoms with Crippen molar-refractivity contribution < 1.29 is 19.1 Å². The lowest BCUT2D eigenvalue weighted by molar-refractivity contribution is -0.124. The van der Waals surface area contributed by atoms with Crippen LogP contribution in [0.3, 0.4) is 0 Å². The Kier molecular flexibility index (Phi) is 4.45. The van der Waals surface area contributed by atoms with Crippen LogP contribution in [0.15, 0.2) is 18.2 Å². The van der Waals surface area contributed by atoms with Crippen molar-refractivity contribution in [2.75, 3.05) is 26.0 Å². The number of hydrogen-bond donors (Lipinski definition) is 2. The number of anilines is 1. The first-order chi connectivity index (χ1) is 9.60. The Labute approximate surface area is 117 Å². The van der Waals surface area contributed by atoms with Gasteiger partial charge in [0.2, 0.25) is 0 Å². The molecular weight excluding hydrogens is 260 g/mol. The third-order valence-electron chi connectivity index (χ3n) is 3.06. The first kappa shape index (κ1) is 14.2. The summed E-state index contributed by atoms with van der Waals surface area (Å²) in [5.74, 6) is 0.0232. The first-order valence-corrected chi connectivity index (χ1v) is 6.47. The molecule has 3 N–H and O–H groups in total. The van der Waals surface area contributed by atoms with Gasteiger partial charge in [0.15, 0.2) is 6.61 Å². The largest absolute Gasteiger partial charge is 0.496 e. The number of hydrogen-bond acceptors (Lipinski definition) is 5. The van der Waals surface area contributed by atoms with Gasteiger partial charge >= 0.3 is 5.97 Å². The molecule has 1 aliphatic rings. The van der Waals surface area contributed by atoms with E-state index in [1.54, 1.807) is 12.1 Å². The van der Waals surface area contributed by atoms with Gasteiger partial charge in [-0.3, -0.25) is 4.79 Å². The minimum Gasteiger partial charge on any atom is -0.496 e. The van der Waals surface area contributed by atoms with Crippen molar-refractivity contribution >= 4 is 17.6 Å². The Morgan fingerprint density at radius 1 is 1.40 bits per heavy atom. The topological polar surface area (TPSA) is 90.7 Å². The Balaban J connectivity index is 1.87. The molecule has 1 aromatic rings. The zero-order chi connectivity index (χ0) is 14.5. The lowest BCUT2D eigenvalue weighted by atomic mass is 10.2. The molecule has 20 heavy (non-hydrogen) atoms. The predicted octanol–water partition coefficient (Wildman–Crippen LogP) is 0.960. The normalized spacial score (nSPS) is 13.7. The quantitative estimate of drug-likeness (QED) is 0.597. The summed E-state index contributed by atoms with van der Waals surface area (Å²) < 4.78 is 10.0. The van der Waals surface area contributed by atoms with Crippen LogP contribution in [0.5, 0.6) is 5.75 Å². The molecule has 2 rings (SSSR count). The lowest BCUT2D eigenvalue weighted by Crippen LogP contribution is -2.30. The van der Waals surface area contributed by atoms with E-state index in [-0.39, 0.29) is 18.1 Å². The van der Waals surface area contributed by atoms with Crippen LogP contribution >= 0.6 is 0 Å². The average molecular weight is 278 g/mol. The van der Waals surface area contributed by atoms with E-state index in [2.05, 4.69) is 5.32 Å². The van der Waals surface area contributed by atoms with Crippen molar-refractivity contribution in [3.05, 3.63) is 23.8 Å². The van der Waals surface area contributed by atoms with E-state index in [4.69, 9.17) is 15.2 Å². The van der Waals surface area contributed by atoms with E-state index in [1.807, 2.05) is 0 Å². The van der Waals surface area contributed by atoms with E-state index in [9.17, 15) is 9.59 Å². The smallest absolute Gasteiger partial charge is 0.342 e. The molecule has 6 nitrogen and oxygen atoms in total. The van der Waals surface area contributed by atoms with E-state index in [1.165, 1.54) is 13.2 Å². The summed E-state index contributed by atoms with van der Waals surface area (Å²) in [7, 11) is 1.45. The second kappa shape index (κ2) is 6.27. The van der Waals surface area contributed by atoms with Crippen molar-refractivity contribution in [1.29, 1.82) is 0 Å². The van der Waals surface area contributed by atoms with Crippen LogP contribution in [0.1, 0.15) is 23.2 Å². The second-order valence-electron chi connectivity index (χ2n) is 4.78. The van der Waals surface area contributed by atoms with Gasteiger partial charge in [-0.2, -0.15) is 0 Å². The maximum Gasteiger partial charge on any atom is 0.342 e. The molecule has 0 spiro atoms. The molecular formula is C14H18N2O4. The van der Waals surface area contributed by atoms with Crippen molar-refractivity contribution in [2.45, 2.75) is 12.8 Å². The molecule has 1 aliphatic carbocycles. The number of carbonyl (C=O) groups is 2. The Bertz CT molecular complexity index is 512. The molecule has 1 fully saturated rings. The highest BCUT2D eigenvalue weighted by Crippen LogP contribution is 2.27. The molecule has 0 aliphatic heterocycles. The molecule has 0 aromatic heterocycles. The summed E-state index contributed by atoms with van der Waals surface area (Å²) in [4.78, 5) is 23.4. The molecule has 0 bridgehead atoms. The van der Waals surface area contributed by atoms with Crippen LogP contribution < -0.4 is 15.8 Å². The van der Waals surface area contributed by atoms with E-state index in [0.717, 1.165) is 12.8 Å². The number of benzene rings is 1. The fourth-order valence-corrected chi connectivity index (χ4v) is 1.73. The summed E-state index contributed by atoms with van der Waals surface area (Å²) in [6, 6.07) is 4.67. The zero-order valence-corrected chi connectivity index (χ0v) is 11.3. The van der Waals surface area contributed by atoms with Crippen molar-refractivity contribution in [1.82, 2.24) is 5.32 Å². The average Bonchev–Trinajstić information content (AvgIpc) is 3.26. The van der Waals surface area contributed by atoms with Crippen LogP contribution in [-0.4, -0.2) is 32.1 Å². The molecule has 0 heterocycles. The molecule has 6 heteroatoms. The third-order valence-corrected chi connectivity index (χ3v) is 3.06. The maximum absolute atomic E-state index is 11.9. The van der Waals surface area contributed by atoms with Crippen LogP contribution in [0.25, 0.3) is 0 Å². The van der Waals surface area contributed by atoms with Gasteiger partial charge in [0.05, 0.1) is 7.11 Å². The van der Waals surface area contributed by atoms with Gasteiger partial charge in [0, 0.05) is 12.2 Å². The second-order valence-corrected chi connectivity index (χ2v) is 4.78. The van der Waals surface area contributed by atoms with E-state index >= 15 is 0 Å². The van der Waals surface area contributed by atoms with Gasteiger partial charge in [-0.25, -0.2) is 4.79 Å². The summed E-state index contributed by atoms with van der Waals surface area (Å²) in [6.45, 7) is 0.349. The highest BCUT2D eigenvalue weighted by molar-refractivity contribution is 5.94. The van der Waals surface area contributed by atoms with E-state index in [0.29, 0.717) is 23.9 Å². The molecule has 0 saturated heterocycles. The van der Waals surface area contributed by atoms with Gasteiger partial charge in [-0.15, -0.1) is 0 Å². The van der Waals surface area contributed by atoms with Crippen LogP contribution in [0, 0.1) is 5.92 Å². The Morgan fingerprint density at radius 3 is 2.80 bits per heavy atom. The maximum atomic E-state index is 11.9. The fraction of sp³-hybridized carbons (Fsp3) is 0.429. The Hall–Kier alpha value is -2.24. The first-order valence-electron chi connectivity index (χ1n) is 6.47. The lowest BCUT2D eigenvalue weighted by Gasteiger charge is -2.09. The molecule has 1 saturated carbocycles. The number of esters is 1. The van der Waals surface area contributed by atoms with Crippen molar-refractivity contribution in [3.63, 3.8) is 0 Å². The standard InChI is InChI=1S/C14H18N2O4/c1-19-12-5-4-10(15)6-11(12)14(18)20-8-13(17)16-7-9-2-3-9/h4-6,9H,2-3,7-8,15H2,1H3,(H,16,17). The Morgan fingerprint density at radius 2 is 2.15 bits per heavy atom. The molecule has 0 atom stereocenters. The highest BCUT2D eigenvalue weighted by Gasteiger charge is 2.22. The molecule has 0 unspecified atom stereocenters. The third kappa shape index (κ3) is 3.88. The summed E-state index contributed by atoms with van der Waals surface area (Å²) >= 11 is 0. The minimum atomic E-state index is -0.629. The monoisotopic (exact) mass is 278 g/mol. The summed E-state index contributed by atoms with van der Waals surface area (Å²) in [5.41, 5.74) is 6.26. The zero-order valence-electron chi connectivity index (χ0n) is 11.3. The number of ether oxygens (including phenoxy) is 2. The van der Waals surface area contributed by atoms with Gasteiger partial charge in [0.1, 0.15) is 11.3 Å². The van der Waals surface area contributed by atoms with Crippen molar-refractivity contribution in [3.8, 4) is 5.75 Å². The number of nitrogens with one attached hydrogen (secondary N) is 1. The van der Waals surface area contributed by atoms with Gasteiger partial charge in [0.25, 0.3) is 5.91 Å². The molecule has 108 valence electrons. The number of nitrogen functional groups attached to an aromatic ring is 1. The fourth-order valence-electron chi connectivity index (χ4n) is 1.73. The number of amides is 1. The van der Waals surface area contributed by atoms with Crippen LogP contribution in [0.2, 0.25) is 0 Å². The minimum absolute atomic E-state index is 0.211. The van der Waals surface area contributed by atoms with Crippen LogP contribution in [-0.2, 0) is 9.53 Å². The number of nitrogens with two attached hydrogens (primary N) is 1. The summed E-state index contributed by atoms with van der Waals surface area (Å²) in [6.07, 6.45) is 2.31. The molecule has 1 aromatic carbocycles. The van der Waals surface area contributed by atoms with E-state index < -0.39 is 5.97 Å². The van der Waals surface area contributed by atoms with Crippen molar-refractivity contribution in [2.24, 2.45) is 5.92 Å². The number of methoxy groups -OCH3 is 1. The highest BCUT2D eigenvalue weighted by atomic mass is 16.5. The molecule has 0 radical (unpaired) electrons. The SMILES string of the molecule is COc1ccc(N)cc1C(=O)OCC(=O)NCC1CC1. The molecule has 1 amide bonds.